The van der Waals surface area contributed by atoms with Gasteiger partial charge in [-0.1, -0.05) is 42.5 Å². The summed E-state index contributed by atoms with van der Waals surface area (Å²) in [6.07, 6.45) is 1.61. The smallest absolute Gasteiger partial charge is 0.282 e. The Morgan fingerprint density at radius 1 is 1.00 bits per heavy atom. The highest BCUT2D eigenvalue weighted by Gasteiger charge is 2.16. The van der Waals surface area contributed by atoms with Crippen LogP contribution in [0, 0.1) is 0 Å². The fraction of sp³-hybridized carbons (Fsp3) is 0.0455. The first-order chi connectivity index (χ1) is 14.2. The first-order valence-corrected chi connectivity index (χ1v) is 9.71. The van der Waals surface area contributed by atoms with E-state index in [9.17, 15) is 4.79 Å². The predicted molar refractivity (Wildman–Crippen MR) is 115 cm³/mol. The molecule has 0 radical (unpaired) electrons. The number of halogens is 1. The van der Waals surface area contributed by atoms with Gasteiger partial charge in [0.05, 0.1) is 17.1 Å². The van der Waals surface area contributed by atoms with Crippen molar-refractivity contribution in [1.82, 2.24) is 9.66 Å². The Kier molecular flexibility index (Phi) is 4.37. The average molecular weight is 448 g/mol. The van der Waals surface area contributed by atoms with Crippen molar-refractivity contribution in [3.8, 4) is 22.9 Å². The van der Waals surface area contributed by atoms with Crippen LogP contribution >= 0.6 is 15.9 Å². The number of fused-ring (bicyclic) bond motifs is 2. The van der Waals surface area contributed by atoms with E-state index in [1.54, 1.807) is 12.3 Å². The second-order valence-electron chi connectivity index (χ2n) is 6.41. The second kappa shape index (κ2) is 7.18. The monoisotopic (exact) mass is 447 g/mol. The largest absolute Gasteiger partial charge is 0.454 e. The van der Waals surface area contributed by atoms with Gasteiger partial charge in [-0.3, -0.25) is 4.79 Å². The molecule has 0 saturated heterocycles. The van der Waals surface area contributed by atoms with Crippen molar-refractivity contribution >= 4 is 33.0 Å². The fourth-order valence-corrected chi connectivity index (χ4v) is 3.58. The number of ether oxygens (including phenoxy) is 2. The molecule has 29 heavy (non-hydrogen) atoms. The van der Waals surface area contributed by atoms with E-state index in [1.807, 2.05) is 60.7 Å². The summed E-state index contributed by atoms with van der Waals surface area (Å²) in [5.74, 6) is 1.79. The maximum atomic E-state index is 13.2. The lowest BCUT2D eigenvalue weighted by atomic mass is 10.2. The average Bonchev–Trinajstić information content (AvgIpc) is 3.20. The standard InChI is InChI=1S/C22H14BrN3O3/c23-17-11-20-19(28-13-29-20)10-15(17)12-24-26-21(14-6-2-1-3-7-14)25-18-9-5-4-8-16(18)22(26)27/h1-12H,13H2. The van der Waals surface area contributed by atoms with Gasteiger partial charge in [-0.25, -0.2) is 4.98 Å². The van der Waals surface area contributed by atoms with Crippen LogP contribution in [-0.2, 0) is 0 Å². The van der Waals surface area contributed by atoms with Crippen molar-refractivity contribution in [1.29, 1.82) is 0 Å². The molecule has 1 aliphatic rings. The van der Waals surface area contributed by atoms with Crippen LogP contribution < -0.4 is 15.0 Å². The Morgan fingerprint density at radius 3 is 2.55 bits per heavy atom. The molecular weight excluding hydrogens is 434 g/mol. The Labute approximate surface area is 174 Å². The molecule has 0 saturated carbocycles. The zero-order valence-electron chi connectivity index (χ0n) is 15.1. The third kappa shape index (κ3) is 3.19. The lowest BCUT2D eigenvalue weighted by Crippen LogP contribution is -2.20. The number of para-hydroxylation sites is 1. The normalized spacial score (nSPS) is 12.7. The number of aromatic nitrogens is 2. The summed E-state index contributed by atoms with van der Waals surface area (Å²) in [5.41, 5.74) is 1.96. The Balaban J connectivity index is 1.69. The van der Waals surface area contributed by atoms with Crippen LogP contribution in [0.15, 0.2) is 81.1 Å². The van der Waals surface area contributed by atoms with Crippen molar-refractivity contribution in [2.24, 2.45) is 5.10 Å². The maximum absolute atomic E-state index is 13.2. The Bertz CT molecular complexity index is 1320. The van der Waals surface area contributed by atoms with Crippen molar-refractivity contribution in [2.45, 2.75) is 0 Å². The quantitative estimate of drug-likeness (QED) is 0.435. The topological polar surface area (TPSA) is 65.7 Å². The lowest BCUT2D eigenvalue weighted by molar-refractivity contribution is 0.174. The highest BCUT2D eigenvalue weighted by atomic mass is 79.9. The highest BCUT2D eigenvalue weighted by Crippen LogP contribution is 2.36. The number of hydrogen-bond donors (Lipinski definition) is 0. The number of rotatable bonds is 3. The van der Waals surface area contributed by atoms with Crippen LogP contribution in [0.5, 0.6) is 11.5 Å². The first kappa shape index (κ1) is 17.6. The van der Waals surface area contributed by atoms with Crippen LogP contribution in [0.4, 0.5) is 0 Å². The van der Waals surface area contributed by atoms with E-state index >= 15 is 0 Å². The molecule has 0 N–H and O–H groups in total. The molecule has 142 valence electrons. The first-order valence-electron chi connectivity index (χ1n) is 8.91. The van der Waals surface area contributed by atoms with Gasteiger partial charge >= 0.3 is 0 Å². The summed E-state index contributed by atoms with van der Waals surface area (Å²) < 4.78 is 12.9. The van der Waals surface area contributed by atoms with E-state index in [4.69, 9.17) is 14.5 Å². The summed E-state index contributed by atoms with van der Waals surface area (Å²) >= 11 is 3.52. The zero-order chi connectivity index (χ0) is 19.8. The molecule has 0 aliphatic carbocycles. The zero-order valence-corrected chi connectivity index (χ0v) is 16.7. The van der Waals surface area contributed by atoms with Crippen molar-refractivity contribution in [2.75, 3.05) is 6.79 Å². The third-order valence-corrected chi connectivity index (χ3v) is 5.28. The summed E-state index contributed by atoms with van der Waals surface area (Å²) in [6, 6.07) is 20.4. The van der Waals surface area contributed by atoms with Gasteiger partial charge in [-0.05, 0) is 40.2 Å². The highest BCUT2D eigenvalue weighted by molar-refractivity contribution is 9.10. The van der Waals surface area contributed by atoms with Gasteiger partial charge in [0, 0.05) is 15.6 Å². The van der Waals surface area contributed by atoms with Gasteiger partial charge in [0.25, 0.3) is 5.56 Å². The van der Waals surface area contributed by atoms with Crippen LogP contribution in [0.2, 0.25) is 0 Å². The second-order valence-corrected chi connectivity index (χ2v) is 7.26. The van der Waals surface area contributed by atoms with Crippen molar-refractivity contribution in [3.63, 3.8) is 0 Å². The van der Waals surface area contributed by atoms with E-state index in [2.05, 4.69) is 21.0 Å². The number of benzene rings is 3. The molecule has 0 atom stereocenters. The summed E-state index contributed by atoms with van der Waals surface area (Å²) in [7, 11) is 0. The van der Waals surface area contributed by atoms with Crippen molar-refractivity contribution in [3.05, 3.63) is 87.1 Å². The molecule has 0 bridgehead atoms. The number of nitrogens with zero attached hydrogens (tertiary/aromatic N) is 3. The molecule has 2 heterocycles. The van der Waals surface area contributed by atoms with E-state index < -0.39 is 0 Å². The minimum absolute atomic E-state index is 0.189. The molecule has 1 aromatic heterocycles. The van der Waals surface area contributed by atoms with Crippen LogP contribution in [0.25, 0.3) is 22.3 Å². The summed E-state index contributed by atoms with van der Waals surface area (Å²) in [5, 5.41) is 4.99. The van der Waals surface area contributed by atoms with Crippen LogP contribution in [0.1, 0.15) is 5.56 Å². The van der Waals surface area contributed by atoms with Gasteiger partial charge in [-0.2, -0.15) is 9.78 Å². The molecular formula is C22H14BrN3O3. The van der Waals surface area contributed by atoms with E-state index in [0.29, 0.717) is 28.2 Å². The predicted octanol–water partition coefficient (Wildman–Crippen LogP) is 4.44. The maximum Gasteiger partial charge on any atom is 0.282 e. The molecule has 5 rings (SSSR count). The molecule has 6 nitrogen and oxygen atoms in total. The Hall–Kier alpha value is -3.45. The molecule has 7 heteroatoms. The lowest BCUT2D eigenvalue weighted by Gasteiger charge is -2.09. The molecule has 1 aliphatic heterocycles. The van der Waals surface area contributed by atoms with Crippen LogP contribution in [0.3, 0.4) is 0 Å². The molecule has 0 fully saturated rings. The summed E-state index contributed by atoms with van der Waals surface area (Å²) in [4.78, 5) is 17.9. The van der Waals surface area contributed by atoms with Crippen LogP contribution in [-0.4, -0.2) is 22.7 Å². The van der Waals surface area contributed by atoms with E-state index in [0.717, 1.165) is 15.6 Å². The third-order valence-electron chi connectivity index (χ3n) is 4.59. The number of hydrogen-bond acceptors (Lipinski definition) is 5. The minimum Gasteiger partial charge on any atom is -0.454 e. The molecule has 0 spiro atoms. The fourth-order valence-electron chi connectivity index (χ4n) is 3.16. The molecule has 3 aromatic carbocycles. The van der Waals surface area contributed by atoms with Gasteiger partial charge in [0.2, 0.25) is 6.79 Å². The van der Waals surface area contributed by atoms with Gasteiger partial charge in [0.15, 0.2) is 17.3 Å². The van der Waals surface area contributed by atoms with E-state index in [-0.39, 0.29) is 12.4 Å². The molecule has 0 amide bonds. The van der Waals surface area contributed by atoms with Gasteiger partial charge < -0.3 is 9.47 Å². The molecule has 0 unspecified atom stereocenters. The Morgan fingerprint density at radius 2 is 1.72 bits per heavy atom. The SMILES string of the molecule is O=c1c2ccccc2nc(-c2ccccc2)n1N=Cc1cc2c(cc1Br)OCO2. The van der Waals surface area contributed by atoms with Gasteiger partial charge in [0.1, 0.15) is 0 Å². The van der Waals surface area contributed by atoms with Crippen molar-refractivity contribution < 1.29 is 9.47 Å². The van der Waals surface area contributed by atoms with E-state index in [1.165, 1.54) is 4.68 Å². The minimum atomic E-state index is -0.234. The molecule has 4 aromatic rings. The summed E-state index contributed by atoms with van der Waals surface area (Å²) in [6.45, 7) is 0.189. The van der Waals surface area contributed by atoms with Gasteiger partial charge in [-0.15, -0.1) is 0 Å².